The zero-order valence-electron chi connectivity index (χ0n) is 11.3. The molecule has 0 amide bonds. The molecule has 0 atom stereocenters. The van der Waals surface area contributed by atoms with Gasteiger partial charge in [-0.15, -0.1) is 0 Å². The van der Waals surface area contributed by atoms with E-state index in [0.717, 1.165) is 12.1 Å². The van der Waals surface area contributed by atoms with Crippen LogP contribution < -0.4 is 15.8 Å². The van der Waals surface area contributed by atoms with Crippen molar-refractivity contribution in [1.82, 2.24) is 9.97 Å². The highest BCUT2D eigenvalue weighted by molar-refractivity contribution is 5.62. The Kier molecular flexibility index (Phi) is 3.88. The van der Waals surface area contributed by atoms with Crippen molar-refractivity contribution >= 4 is 17.5 Å². The number of hydrogen-bond donors (Lipinski definition) is 2. The molecule has 0 fully saturated rings. The molecule has 0 unspecified atom stereocenters. The van der Waals surface area contributed by atoms with E-state index in [9.17, 15) is 13.2 Å². The van der Waals surface area contributed by atoms with E-state index in [0.29, 0.717) is 5.56 Å². The summed E-state index contributed by atoms with van der Waals surface area (Å²) in [5.74, 6) is 0.429. The third-order valence-electron chi connectivity index (χ3n) is 2.76. The van der Waals surface area contributed by atoms with Gasteiger partial charge in [-0.1, -0.05) is 6.07 Å². The summed E-state index contributed by atoms with van der Waals surface area (Å²) in [6.07, 6.45) is -4.41. The van der Waals surface area contributed by atoms with Gasteiger partial charge in [0.2, 0.25) is 11.8 Å². The van der Waals surface area contributed by atoms with Crippen molar-refractivity contribution < 1.29 is 17.9 Å². The fraction of sp³-hybridized carbons (Fsp3) is 0.231. The average molecular weight is 298 g/mol. The van der Waals surface area contributed by atoms with Gasteiger partial charge < -0.3 is 15.8 Å². The summed E-state index contributed by atoms with van der Waals surface area (Å²) in [4.78, 5) is 7.70. The Bertz CT molecular complexity index is 658. The first kappa shape index (κ1) is 14.9. The summed E-state index contributed by atoms with van der Waals surface area (Å²) < 4.78 is 43.1. The lowest BCUT2D eigenvalue weighted by molar-refractivity contribution is -0.137. The van der Waals surface area contributed by atoms with Crippen molar-refractivity contribution in [2.75, 3.05) is 18.2 Å². The predicted octanol–water partition coefficient (Wildman–Crippen LogP) is 3.14. The van der Waals surface area contributed by atoms with E-state index in [-0.39, 0.29) is 23.3 Å². The van der Waals surface area contributed by atoms with Crippen LogP contribution in [0.2, 0.25) is 0 Å². The number of anilines is 3. The van der Waals surface area contributed by atoms with Crippen LogP contribution >= 0.6 is 0 Å². The minimum absolute atomic E-state index is 0.0403. The van der Waals surface area contributed by atoms with E-state index < -0.39 is 11.7 Å². The van der Waals surface area contributed by atoms with E-state index in [1.807, 2.05) is 0 Å². The van der Waals surface area contributed by atoms with E-state index in [1.165, 1.54) is 19.2 Å². The number of aryl methyl sites for hydroxylation is 1. The highest BCUT2D eigenvalue weighted by atomic mass is 19.4. The first-order valence-corrected chi connectivity index (χ1v) is 5.93. The largest absolute Gasteiger partial charge is 0.481 e. The summed E-state index contributed by atoms with van der Waals surface area (Å²) >= 11 is 0. The van der Waals surface area contributed by atoms with Gasteiger partial charge in [0, 0.05) is 11.8 Å². The molecule has 5 nitrogen and oxygen atoms in total. The highest BCUT2D eigenvalue weighted by Gasteiger charge is 2.30. The fourth-order valence-corrected chi connectivity index (χ4v) is 1.68. The molecule has 21 heavy (non-hydrogen) atoms. The fourth-order valence-electron chi connectivity index (χ4n) is 1.68. The Balaban J connectivity index is 2.37. The number of aromatic nitrogens is 2. The van der Waals surface area contributed by atoms with Gasteiger partial charge in [-0.3, -0.25) is 0 Å². The minimum atomic E-state index is -4.41. The molecule has 0 saturated heterocycles. The van der Waals surface area contributed by atoms with Crippen LogP contribution in [0.3, 0.4) is 0 Å². The number of methoxy groups -OCH3 is 1. The standard InChI is InChI=1S/C13H13F3N4O/c1-7-3-4-8(13(14,15)16)5-9(7)18-10-6-11(21-2)20-12(17)19-10/h3-6H,1-2H3,(H3,17,18,19,20). The highest BCUT2D eigenvalue weighted by Crippen LogP contribution is 2.33. The molecule has 0 aliphatic carbocycles. The molecule has 0 aliphatic rings. The Labute approximate surface area is 119 Å². The van der Waals surface area contributed by atoms with Gasteiger partial charge in [-0.25, -0.2) is 0 Å². The van der Waals surface area contributed by atoms with Crippen LogP contribution in [0.5, 0.6) is 5.88 Å². The van der Waals surface area contributed by atoms with E-state index >= 15 is 0 Å². The van der Waals surface area contributed by atoms with Crippen molar-refractivity contribution in [2.24, 2.45) is 0 Å². The molecule has 1 aromatic carbocycles. The van der Waals surface area contributed by atoms with Gasteiger partial charge in [0.05, 0.1) is 12.7 Å². The number of nitrogen functional groups attached to an aromatic ring is 1. The molecular formula is C13H13F3N4O. The SMILES string of the molecule is COc1cc(Nc2cc(C(F)(F)F)ccc2C)nc(N)n1. The Morgan fingerprint density at radius 1 is 1.19 bits per heavy atom. The van der Waals surface area contributed by atoms with Gasteiger partial charge in [0.25, 0.3) is 0 Å². The molecule has 1 aromatic heterocycles. The van der Waals surface area contributed by atoms with Crippen molar-refractivity contribution in [2.45, 2.75) is 13.1 Å². The Morgan fingerprint density at radius 3 is 2.52 bits per heavy atom. The van der Waals surface area contributed by atoms with Gasteiger partial charge in [0.1, 0.15) is 5.82 Å². The molecule has 2 rings (SSSR count). The molecule has 0 aliphatic heterocycles. The van der Waals surface area contributed by atoms with Crippen LogP contribution in [-0.4, -0.2) is 17.1 Å². The number of rotatable bonds is 3. The van der Waals surface area contributed by atoms with Gasteiger partial charge in [-0.2, -0.15) is 23.1 Å². The third kappa shape index (κ3) is 3.53. The molecule has 3 N–H and O–H groups in total. The lowest BCUT2D eigenvalue weighted by Crippen LogP contribution is -2.07. The second-order valence-corrected chi connectivity index (χ2v) is 4.31. The van der Waals surface area contributed by atoms with Crippen LogP contribution in [-0.2, 0) is 6.18 Å². The smallest absolute Gasteiger partial charge is 0.416 e. The maximum atomic E-state index is 12.7. The molecule has 1 heterocycles. The summed E-state index contributed by atoms with van der Waals surface area (Å²) in [5, 5.41) is 2.79. The van der Waals surface area contributed by atoms with Crippen LogP contribution in [0.15, 0.2) is 24.3 Å². The molecular weight excluding hydrogens is 285 g/mol. The minimum Gasteiger partial charge on any atom is -0.481 e. The summed E-state index contributed by atoms with van der Waals surface area (Å²) in [6.45, 7) is 1.68. The van der Waals surface area contributed by atoms with Gasteiger partial charge >= 0.3 is 6.18 Å². The first-order valence-electron chi connectivity index (χ1n) is 5.93. The maximum absolute atomic E-state index is 12.7. The van der Waals surface area contributed by atoms with Crippen molar-refractivity contribution in [3.05, 3.63) is 35.4 Å². The number of nitrogens with zero attached hydrogens (tertiary/aromatic N) is 2. The second kappa shape index (κ2) is 5.47. The van der Waals surface area contributed by atoms with Gasteiger partial charge in [-0.05, 0) is 24.6 Å². The summed E-state index contributed by atoms with van der Waals surface area (Å²) in [5.41, 5.74) is 5.68. The molecule has 0 bridgehead atoms. The molecule has 0 saturated carbocycles. The summed E-state index contributed by atoms with van der Waals surface area (Å²) in [6, 6.07) is 4.86. The van der Waals surface area contributed by atoms with E-state index in [4.69, 9.17) is 10.5 Å². The number of nitrogens with one attached hydrogen (secondary N) is 1. The zero-order valence-corrected chi connectivity index (χ0v) is 11.3. The van der Waals surface area contributed by atoms with E-state index in [2.05, 4.69) is 15.3 Å². The quantitative estimate of drug-likeness (QED) is 0.910. The Morgan fingerprint density at radius 2 is 1.90 bits per heavy atom. The third-order valence-corrected chi connectivity index (χ3v) is 2.76. The van der Waals surface area contributed by atoms with Crippen molar-refractivity contribution in [3.8, 4) is 5.88 Å². The molecule has 8 heteroatoms. The van der Waals surface area contributed by atoms with Crippen molar-refractivity contribution in [3.63, 3.8) is 0 Å². The van der Waals surface area contributed by atoms with Crippen LogP contribution in [0.1, 0.15) is 11.1 Å². The molecule has 0 spiro atoms. The van der Waals surface area contributed by atoms with Crippen LogP contribution in [0, 0.1) is 6.92 Å². The number of benzene rings is 1. The lowest BCUT2D eigenvalue weighted by atomic mass is 10.1. The number of hydrogen-bond acceptors (Lipinski definition) is 5. The number of halogens is 3. The first-order chi connectivity index (χ1) is 9.79. The number of ether oxygens (including phenoxy) is 1. The molecule has 0 radical (unpaired) electrons. The normalized spacial score (nSPS) is 11.3. The second-order valence-electron chi connectivity index (χ2n) is 4.31. The van der Waals surface area contributed by atoms with Crippen LogP contribution in [0.4, 0.5) is 30.6 Å². The Hall–Kier alpha value is -2.51. The van der Waals surface area contributed by atoms with Crippen LogP contribution in [0.25, 0.3) is 0 Å². The molecule has 112 valence electrons. The average Bonchev–Trinajstić information content (AvgIpc) is 2.39. The predicted molar refractivity (Wildman–Crippen MR) is 72.5 cm³/mol. The van der Waals surface area contributed by atoms with Gasteiger partial charge in [0.15, 0.2) is 0 Å². The summed E-state index contributed by atoms with van der Waals surface area (Å²) in [7, 11) is 1.40. The molecule has 2 aromatic rings. The van der Waals surface area contributed by atoms with Crippen molar-refractivity contribution in [1.29, 1.82) is 0 Å². The van der Waals surface area contributed by atoms with E-state index in [1.54, 1.807) is 6.92 Å². The maximum Gasteiger partial charge on any atom is 0.416 e. The zero-order chi connectivity index (χ0) is 15.6. The monoisotopic (exact) mass is 298 g/mol. The lowest BCUT2D eigenvalue weighted by Gasteiger charge is -2.13. The topological polar surface area (TPSA) is 73.1 Å². The number of nitrogens with two attached hydrogens (primary N) is 1. The number of alkyl halides is 3.